The molecule has 0 spiro atoms. The molecule has 4 nitrogen and oxygen atoms in total. The fraction of sp³-hybridized carbons (Fsp3) is 0. The third-order valence-corrected chi connectivity index (χ3v) is 3.55. The summed E-state index contributed by atoms with van der Waals surface area (Å²) in [6.45, 7) is 0. The maximum absolute atomic E-state index is 5.99. The molecular formula is C15H9ClN2O2. The molecule has 2 aromatic carbocycles. The average molecular weight is 285 g/mol. The molecule has 0 unspecified atom stereocenters. The minimum absolute atomic E-state index is 0.467. The molecule has 20 heavy (non-hydrogen) atoms. The van der Waals surface area contributed by atoms with Crippen LogP contribution in [0.5, 0.6) is 0 Å². The van der Waals surface area contributed by atoms with E-state index in [1.807, 2.05) is 24.3 Å². The van der Waals surface area contributed by atoms with E-state index < -0.39 is 0 Å². The monoisotopic (exact) mass is 284 g/mol. The van der Waals surface area contributed by atoms with E-state index in [0.717, 1.165) is 16.5 Å². The smallest absolute Gasteiger partial charge is 0.231 e. The lowest BCUT2D eigenvalue weighted by Gasteiger charge is -1.94. The molecule has 0 aliphatic heterocycles. The number of anilines is 1. The van der Waals surface area contributed by atoms with Gasteiger partial charge in [-0.05, 0) is 12.1 Å². The number of furan rings is 1. The highest BCUT2D eigenvalue weighted by Gasteiger charge is 2.15. The van der Waals surface area contributed by atoms with E-state index >= 15 is 0 Å². The average Bonchev–Trinajstić information content (AvgIpc) is 3.02. The molecule has 2 N–H and O–H groups in total. The van der Waals surface area contributed by atoms with Gasteiger partial charge < -0.3 is 14.6 Å². The molecule has 5 heteroatoms. The highest BCUT2D eigenvalue weighted by molar-refractivity contribution is 6.33. The lowest BCUT2D eigenvalue weighted by Crippen LogP contribution is -1.84. The number of nitrogen functional groups attached to an aromatic ring is 1. The molecule has 98 valence electrons. The van der Waals surface area contributed by atoms with Crippen LogP contribution in [0.1, 0.15) is 0 Å². The number of nitrogens with two attached hydrogens (primary N) is 1. The van der Waals surface area contributed by atoms with Crippen LogP contribution in [0.25, 0.3) is 33.5 Å². The van der Waals surface area contributed by atoms with Gasteiger partial charge in [-0.2, -0.15) is 0 Å². The molecule has 0 amide bonds. The molecule has 0 saturated carbocycles. The summed E-state index contributed by atoms with van der Waals surface area (Å²) in [6.07, 6.45) is 1.64. The fourth-order valence-electron chi connectivity index (χ4n) is 2.22. The van der Waals surface area contributed by atoms with Gasteiger partial charge in [-0.25, -0.2) is 4.98 Å². The molecule has 0 bridgehead atoms. The molecule has 2 heterocycles. The van der Waals surface area contributed by atoms with Crippen molar-refractivity contribution >= 4 is 39.4 Å². The second-order valence-electron chi connectivity index (χ2n) is 4.51. The number of aromatic nitrogens is 1. The number of hydrogen-bond acceptors (Lipinski definition) is 4. The van der Waals surface area contributed by atoms with Crippen LogP contribution in [0.4, 0.5) is 5.69 Å². The second kappa shape index (κ2) is 4.02. The van der Waals surface area contributed by atoms with E-state index in [2.05, 4.69) is 4.98 Å². The van der Waals surface area contributed by atoms with Crippen molar-refractivity contribution in [3.63, 3.8) is 0 Å². The third kappa shape index (κ3) is 1.58. The number of oxazole rings is 1. The highest BCUT2D eigenvalue weighted by Crippen LogP contribution is 2.33. The molecule has 0 aliphatic rings. The summed E-state index contributed by atoms with van der Waals surface area (Å²) in [7, 11) is 0. The molecule has 0 aliphatic carbocycles. The summed E-state index contributed by atoms with van der Waals surface area (Å²) in [4.78, 5) is 4.44. The van der Waals surface area contributed by atoms with Gasteiger partial charge in [0.05, 0.1) is 16.3 Å². The number of para-hydroxylation sites is 1. The van der Waals surface area contributed by atoms with Crippen molar-refractivity contribution < 1.29 is 8.83 Å². The van der Waals surface area contributed by atoms with E-state index in [1.54, 1.807) is 18.4 Å². The van der Waals surface area contributed by atoms with Crippen LogP contribution in [0.3, 0.4) is 0 Å². The summed E-state index contributed by atoms with van der Waals surface area (Å²) in [5.41, 5.74) is 9.12. The third-order valence-electron chi connectivity index (χ3n) is 3.22. The SMILES string of the molecule is Nc1cc2oc(-c3coc4ccccc34)nc2cc1Cl. The standard InChI is InChI=1S/C15H9ClN2O2/c16-10-5-12-14(6-11(10)17)20-15(18-12)9-7-19-13-4-2-1-3-8(9)13/h1-7H,17H2. The number of rotatable bonds is 1. The van der Waals surface area contributed by atoms with E-state index in [4.69, 9.17) is 26.2 Å². The zero-order valence-corrected chi connectivity index (χ0v) is 11.0. The van der Waals surface area contributed by atoms with Crippen LogP contribution in [0.15, 0.2) is 51.5 Å². The van der Waals surface area contributed by atoms with E-state index in [0.29, 0.717) is 27.7 Å². The van der Waals surface area contributed by atoms with Gasteiger partial charge in [0.25, 0.3) is 0 Å². The van der Waals surface area contributed by atoms with Gasteiger partial charge in [0, 0.05) is 11.5 Å². The van der Waals surface area contributed by atoms with Crippen LogP contribution in [0.2, 0.25) is 5.02 Å². The maximum Gasteiger partial charge on any atom is 0.231 e. The van der Waals surface area contributed by atoms with Crippen LogP contribution in [0, 0.1) is 0 Å². The summed E-state index contributed by atoms with van der Waals surface area (Å²) in [5.74, 6) is 0.492. The van der Waals surface area contributed by atoms with Crippen molar-refractivity contribution in [1.82, 2.24) is 4.98 Å². The van der Waals surface area contributed by atoms with Gasteiger partial charge in [0.15, 0.2) is 5.58 Å². The Morgan fingerprint density at radius 3 is 2.85 bits per heavy atom. The molecule has 0 atom stereocenters. The Labute approximate surface area is 118 Å². The first-order chi connectivity index (χ1) is 9.72. The molecule has 2 aromatic heterocycles. The number of nitrogens with zero attached hydrogens (tertiary/aromatic N) is 1. The highest BCUT2D eigenvalue weighted by atomic mass is 35.5. The molecule has 0 fully saturated rings. The predicted molar refractivity (Wildman–Crippen MR) is 78.6 cm³/mol. The summed E-state index contributed by atoms with van der Waals surface area (Å²) in [5, 5.41) is 1.42. The normalized spacial score (nSPS) is 11.4. The van der Waals surface area contributed by atoms with Gasteiger partial charge in [0.1, 0.15) is 17.4 Å². The summed E-state index contributed by atoms with van der Waals surface area (Å²) < 4.78 is 11.2. The maximum atomic E-state index is 5.99. The zero-order chi connectivity index (χ0) is 13.7. The van der Waals surface area contributed by atoms with E-state index in [9.17, 15) is 0 Å². The molecule has 0 saturated heterocycles. The summed E-state index contributed by atoms with van der Waals surface area (Å²) >= 11 is 5.99. The van der Waals surface area contributed by atoms with Gasteiger partial charge in [-0.15, -0.1) is 0 Å². The lowest BCUT2D eigenvalue weighted by atomic mass is 10.2. The van der Waals surface area contributed by atoms with Crippen LogP contribution in [-0.2, 0) is 0 Å². The van der Waals surface area contributed by atoms with Crippen molar-refractivity contribution in [2.45, 2.75) is 0 Å². The van der Waals surface area contributed by atoms with Crippen molar-refractivity contribution in [3.8, 4) is 11.5 Å². The summed E-state index contributed by atoms with van der Waals surface area (Å²) in [6, 6.07) is 11.1. The quantitative estimate of drug-likeness (QED) is 0.524. The minimum atomic E-state index is 0.467. The lowest BCUT2D eigenvalue weighted by molar-refractivity contribution is 0.601. The first-order valence-electron chi connectivity index (χ1n) is 6.04. The Morgan fingerprint density at radius 1 is 1.10 bits per heavy atom. The molecule has 4 aromatic rings. The Kier molecular flexibility index (Phi) is 2.28. The Balaban J connectivity index is 1.98. The van der Waals surface area contributed by atoms with E-state index in [-0.39, 0.29) is 0 Å². The zero-order valence-electron chi connectivity index (χ0n) is 10.3. The fourth-order valence-corrected chi connectivity index (χ4v) is 2.38. The second-order valence-corrected chi connectivity index (χ2v) is 4.91. The number of fused-ring (bicyclic) bond motifs is 2. The Morgan fingerprint density at radius 2 is 1.95 bits per heavy atom. The van der Waals surface area contributed by atoms with Crippen LogP contribution >= 0.6 is 11.6 Å². The van der Waals surface area contributed by atoms with Crippen molar-refractivity contribution in [1.29, 1.82) is 0 Å². The number of benzene rings is 2. The minimum Gasteiger partial charge on any atom is -0.463 e. The molecule has 0 radical (unpaired) electrons. The topological polar surface area (TPSA) is 65.2 Å². The molecule has 4 rings (SSSR count). The van der Waals surface area contributed by atoms with E-state index in [1.165, 1.54) is 0 Å². The molecular weight excluding hydrogens is 276 g/mol. The largest absolute Gasteiger partial charge is 0.463 e. The van der Waals surface area contributed by atoms with Crippen molar-refractivity contribution in [3.05, 3.63) is 47.7 Å². The Hall–Kier alpha value is -2.46. The number of hydrogen-bond donors (Lipinski definition) is 1. The first kappa shape index (κ1) is 11.4. The van der Waals surface area contributed by atoms with Gasteiger partial charge in [-0.1, -0.05) is 29.8 Å². The van der Waals surface area contributed by atoms with Crippen LogP contribution in [-0.4, -0.2) is 4.98 Å². The van der Waals surface area contributed by atoms with Gasteiger partial charge >= 0.3 is 0 Å². The number of halogens is 1. The van der Waals surface area contributed by atoms with Crippen molar-refractivity contribution in [2.75, 3.05) is 5.73 Å². The van der Waals surface area contributed by atoms with Gasteiger partial charge in [-0.3, -0.25) is 0 Å². The predicted octanol–water partition coefficient (Wildman–Crippen LogP) is 4.48. The van der Waals surface area contributed by atoms with Gasteiger partial charge in [0.2, 0.25) is 5.89 Å². The Bertz CT molecular complexity index is 901. The van der Waals surface area contributed by atoms with Crippen LogP contribution < -0.4 is 5.73 Å². The van der Waals surface area contributed by atoms with Crippen molar-refractivity contribution in [2.24, 2.45) is 0 Å². The first-order valence-corrected chi connectivity index (χ1v) is 6.42.